The Balaban J connectivity index is 1.34. The number of aromatic nitrogens is 1. The third-order valence-corrected chi connectivity index (χ3v) is 6.21. The van der Waals surface area contributed by atoms with Gasteiger partial charge in [-0.1, -0.05) is 24.8 Å². The summed E-state index contributed by atoms with van der Waals surface area (Å²) in [7, 11) is 0. The lowest BCUT2D eigenvalue weighted by Gasteiger charge is -2.34. The average Bonchev–Trinajstić information content (AvgIpc) is 3.45. The van der Waals surface area contributed by atoms with E-state index in [0.29, 0.717) is 6.54 Å². The van der Waals surface area contributed by atoms with Crippen LogP contribution in [0.1, 0.15) is 24.0 Å². The van der Waals surface area contributed by atoms with Gasteiger partial charge in [0.2, 0.25) is 11.8 Å². The first-order chi connectivity index (χ1) is 14.7. The molecule has 7 heteroatoms. The van der Waals surface area contributed by atoms with E-state index < -0.39 is 0 Å². The molecule has 0 bridgehead atoms. The molecule has 2 amide bonds. The van der Waals surface area contributed by atoms with Crippen LogP contribution in [0.5, 0.6) is 0 Å². The fourth-order valence-corrected chi connectivity index (χ4v) is 4.46. The molecule has 0 spiro atoms. The zero-order valence-corrected chi connectivity index (χ0v) is 17.5. The van der Waals surface area contributed by atoms with E-state index in [1.165, 1.54) is 28.1 Å². The van der Waals surface area contributed by atoms with E-state index in [4.69, 9.17) is 0 Å². The first kappa shape index (κ1) is 20.6. The van der Waals surface area contributed by atoms with E-state index in [0.717, 1.165) is 58.5 Å². The molecule has 7 nitrogen and oxygen atoms in total. The van der Waals surface area contributed by atoms with Gasteiger partial charge >= 0.3 is 0 Å². The molecule has 3 heterocycles. The Kier molecular flexibility index (Phi) is 6.50. The Morgan fingerprint density at radius 3 is 2.77 bits per heavy atom. The molecule has 30 heavy (non-hydrogen) atoms. The lowest BCUT2D eigenvalue weighted by molar-refractivity contribution is -0.127. The van der Waals surface area contributed by atoms with Crippen LogP contribution >= 0.6 is 0 Å². The van der Waals surface area contributed by atoms with Gasteiger partial charge in [0.05, 0.1) is 11.6 Å². The maximum atomic E-state index is 12.2. The highest BCUT2D eigenvalue weighted by molar-refractivity contribution is 5.87. The molecule has 0 aliphatic carbocycles. The van der Waals surface area contributed by atoms with Gasteiger partial charge in [-0.2, -0.15) is 0 Å². The summed E-state index contributed by atoms with van der Waals surface area (Å²) in [6.07, 6.45) is 6.27. The summed E-state index contributed by atoms with van der Waals surface area (Å²) < 4.78 is 0. The number of hydrogen-bond donors (Lipinski definition) is 3. The second-order valence-corrected chi connectivity index (χ2v) is 8.15. The van der Waals surface area contributed by atoms with Crippen molar-refractivity contribution in [2.45, 2.75) is 31.8 Å². The molecular weight excluding hydrogens is 378 g/mol. The van der Waals surface area contributed by atoms with Crippen LogP contribution in [0, 0.1) is 0 Å². The number of nitrogens with zero attached hydrogens (tertiary/aromatic N) is 2. The topological polar surface area (TPSA) is 80.5 Å². The monoisotopic (exact) mass is 409 g/mol. The van der Waals surface area contributed by atoms with Gasteiger partial charge in [0.25, 0.3) is 0 Å². The number of benzene rings is 1. The Labute approximate surface area is 177 Å². The maximum absolute atomic E-state index is 12.2. The van der Waals surface area contributed by atoms with Gasteiger partial charge in [-0.3, -0.25) is 14.5 Å². The minimum atomic E-state index is -0.0261. The number of hydrogen-bond acceptors (Lipinski definition) is 4. The van der Waals surface area contributed by atoms with Gasteiger partial charge in [0, 0.05) is 50.9 Å². The standard InChI is InChI=1S/C23H31N5O2/c1-2-21(29)28-13-11-27(12-14-28)16-18-5-3-6-19-17(15-26-22(18)19)8-10-25-23(30)20-7-4-9-24-20/h2-3,5-6,15,20,24,26H,1,4,7-14,16H2,(H,25,30)/t20-/m0/s1. The fraction of sp³-hybridized carbons (Fsp3) is 0.478. The van der Waals surface area contributed by atoms with Gasteiger partial charge in [0.15, 0.2) is 0 Å². The fourth-order valence-electron chi connectivity index (χ4n) is 4.46. The summed E-state index contributed by atoms with van der Waals surface area (Å²) >= 11 is 0. The Morgan fingerprint density at radius 2 is 2.03 bits per heavy atom. The van der Waals surface area contributed by atoms with Gasteiger partial charge < -0.3 is 20.5 Å². The molecular formula is C23H31N5O2. The molecule has 1 atom stereocenters. The van der Waals surface area contributed by atoms with Crippen molar-refractivity contribution in [3.8, 4) is 0 Å². The van der Waals surface area contributed by atoms with Crippen LogP contribution in [0.3, 0.4) is 0 Å². The van der Waals surface area contributed by atoms with Crippen molar-refractivity contribution in [3.05, 3.63) is 48.2 Å². The van der Waals surface area contributed by atoms with Crippen molar-refractivity contribution in [1.29, 1.82) is 0 Å². The van der Waals surface area contributed by atoms with Crippen LogP contribution in [0.15, 0.2) is 37.1 Å². The number of aromatic amines is 1. The van der Waals surface area contributed by atoms with Gasteiger partial charge in [-0.05, 0) is 43.0 Å². The molecule has 0 saturated carbocycles. The minimum Gasteiger partial charge on any atom is -0.361 e. The summed E-state index contributed by atoms with van der Waals surface area (Å²) in [5.41, 5.74) is 3.66. The second kappa shape index (κ2) is 9.45. The number of carbonyl (C=O) groups is 2. The number of carbonyl (C=O) groups excluding carboxylic acids is 2. The van der Waals surface area contributed by atoms with E-state index in [1.807, 2.05) is 4.90 Å². The first-order valence-corrected chi connectivity index (χ1v) is 10.9. The summed E-state index contributed by atoms with van der Waals surface area (Å²) in [6.45, 7) is 9.23. The summed E-state index contributed by atoms with van der Waals surface area (Å²) in [5.74, 6) is 0.128. The number of fused-ring (bicyclic) bond motifs is 1. The number of H-pyrrole nitrogens is 1. The second-order valence-electron chi connectivity index (χ2n) is 8.15. The van der Waals surface area contributed by atoms with E-state index in [-0.39, 0.29) is 17.9 Å². The molecule has 2 saturated heterocycles. The van der Waals surface area contributed by atoms with Crippen molar-refractivity contribution >= 4 is 22.7 Å². The van der Waals surface area contributed by atoms with Crippen molar-refractivity contribution < 1.29 is 9.59 Å². The van der Waals surface area contributed by atoms with E-state index in [1.54, 1.807) is 0 Å². The molecule has 0 unspecified atom stereocenters. The normalized spacial score (nSPS) is 19.9. The Hall–Kier alpha value is -2.64. The Morgan fingerprint density at radius 1 is 1.20 bits per heavy atom. The molecule has 4 rings (SSSR count). The lowest BCUT2D eigenvalue weighted by Crippen LogP contribution is -2.47. The van der Waals surface area contributed by atoms with Crippen LogP contribution < -0.4 is 10.6 Å². The molecule has 0 radical (unpaired) electrons. The number of para-hydroxylation sites is 1. The SMILES string of the molecule is C=CC(=O)N1CCN(Cc2cccc3c(CCNC(=O)[C@@H]4CCCN4)c[nH]c23)CC1. The van der Waals surface area contributed by atoms with Crippen molar-refractivity contribution in [2.24, 2.45) is 0 Å². The molecule has 2 fully saturated rings. The van der Waals surface area contributed by atoms with Crippen molar-refractivity contribution in [1.82, 2.24) is 25.4 Å². The van der Waals surface area contributed by atoms with Crippen LogP contribution in [-0.2, 0) is 22.6 Å². The van der Waals surface area contributed by atoms with Crippen LogP contribution in [-0.4, -0.2) is 71.9 Å². The van der Waals surface area contributed by atoms with Crippen LogP contribution in [0.25, 0.3) is 10.9 Å². The Bertz CT molecular complexity index is 907. The molecule has 160 valence electrons. The van der Waals surface area contributed by atoms with Crippen LogP contribution in [0.2, 0.25) is 0 Å². The van der Waals surface area contributed by atoms with Gasteiger partial charge in [-0.25, -0.2) is 0 Å². The zero-order chi connectivity index (χ0) is 20.9. The van der Waals surface area contributed by atoms with Crippen molar-refractivity contribution in [2.75, 3.05) is 39.3 Å². The highest BCUT2D eigenvalue weighted by Gasteiger charge is 2.22. The van der Waals surface area contributed by atoms with Gasteiger partial charge in [-0.15, -0.1) is 0 Å². The molecule has 3 N–H and O–H groups in total. The van der Waals surface area contributed by atoms with E-state index in [9.17, 15) is 9.59 Å². The minimum absolute atomic E-state index is 0.0153. The lowest BCUT2D eigenvalue weighted by atomic mass is 10.1. The quantitative estimate of drug-likeness (QED) is 0.604. The third-order valence-electron chi connectivity index (χ3n) is 6.21. The number of nitrogens with one attached hydrogen (secondary N) is 3. The van der Waals surface area contributed by atoms with Crippen molar-refractivity contribution in [3.63, 3.8) is 0 Å². The maximum Gasteiger partial charge on any atom is 0.246 e. The average molecular weight is 410 g/mol. The summed E-state index contributed by atoms with van der Waals surface area (Å²) in [5, 5.41) is 7.53. The highest BCUT2D eigenvalue weighted by Crippen LogP contribution is 2.23. The van der Waals surface area contributed by atoms with E-state index in [2.05, 4.69) is 51.5 Å². The molecule has 1 aromatic heterocycles. The molecule has 2 aromatic rings. The summed E-state index contributed by atoms with van der Waals surface area (Å²) in [6, 6.07) is 6.39. The molecule has 2 aliphatic rings. The predicted octanol–water partition coefficient (Wildman–Crippen LogP) is 1.41. The molecule has 2 aliphatic heterocycles. The first-order valence-electron chi connectivity index (χ1n) is 10.9. The van der Waals surface area contributed by atoms with Crippen LogP contribution in [0.4, 0.5) is 0 Å². The molecule has 1 aromatic carbocycles. The van der Waals surface area contributed by atoms with E-state index >= 15 is 0 Å². The third kappa shape index (κ3) is 4.57. The number of rotatable bonds is 7. The summed E-state index contributed by atoms with van der Waals surface area (Å²) in [4.78, 5) is 31.6. The number of piperazine rings is 1. The zero-order valence-electron chi connectivity index (χ0n) is 17.5. The predicted molar refractivity (Wildman–Crippen MR) is 118 cm³/mol. The highest BCUT2D eigenvalue weighted by atomic mass is 16.2. The number of amides is 2. The van der Waals surface area contributed by atoms with Gasteiger partial charge in [0.1, 0.15) is 0 Å². The largest absolute Gasteiger partial charge is 0.361 e. The smallest absolute Gasteiger partial charge is 0.246 e.